The lowest BCUT2D eigenvalue weighted by Gasteiger charge is -2.42. The zero-order chi connectivity index (χ0) is 18.9. The molecule has 138 valence electrons. The predicted molar refractivity (Wildman–Crippen MR) is 111 cm³/mol. The number of carbonyl (C=O) groups excluding carboxylic acids is 1. The monoisotopic (exact) mass is 368 g/mol. The van der Waals surface area contributed by atoms with E-state index in [1.165, 1.54) is 41.2 Å². The van der Waals surface area contributed by atoms with Crippen LogP contribution >= 0.6 is 11.3 Å². The van der Waals surface area contributed by atoms with Crippen LogP contribution in [-0.4, -0.2) is 12.6 Å². The summed E-state index contributed by atoms with van der Waals surface area (Å²) >= 11 is 1.65. The standard InChI is InChI=1S/C23H28O2S/c1-6-25-21(24)10-8-18-13-17(15-26-18)16-7-9-19-20(14-16)23(4,5)12-11-22(19,2)3/h7-10,13-15H,6,11-12H2,1-5H3/b10-8+. The summed E-state index contributed by atoms with van der Waals surface area (Å²) < 4.78 is 4.94. The van der Waals surface area contributed by atoms with Gasteiger partial charge in [-0.3, -0.25) is 0 Å². The zero-order valence-corrected chi connectivity index (χ0v) is 17.2. The van der Waals surface area contributed by atoms with Crippen LogP contribution in [0, 0.1) is 0 Å². The Bertz CT molecular complexity index is 840. The van der Waals surface area contributed by atoms with E-state index < -0.39 is 0 Å². The van der Waals surface area contributed by atoms with Gasteiger partial charge in [0.1, 0.15) is 0 Å². The second-order valence-corrected chi connectivity index (χ2v) is 9.29. The Labute approximate surface area is 160 Å². The van der Waals surface area contributed by atoms with Gasteiger partial charge in [0.15, 0.2) is 0 Å². The molecule has 1 aliphatic rings. The lowest BCUT2D eigenvalue weighted by Crippen LogP contribution is -2.33. The Morgan fingerprint density at radius 1 is 1.08 bits per heavy atom. The molecule has 0 spiro atoms. The van der Waals surface area contributed by atoms with Gasteiger partial charge in [0.05, 0.1) is 6.61 Å². The number of ether oxygens (including phenoxy) is 1. The largest absolute Gasteiger partial charge is 0.463 e. The van der Waals surface area contributed by atoms with Crippen LogP contribution in [0.15, 0.2) is 35.7 Å². The number of hydrogen-bond donors (Lipinski definition) is 0. The van der Waals surface area contributed by atoms with E-state index >= 15 is 0 Å². The summed E-state index contributed by atoms with van der Waals surface area (Å²) in [5, 5.41) is 2.16. The van der Waals surface area contributed by atoms with Crippen LogP contribution in [-0.2, 0) is 20.4 Å². The minimum atomic E-state index is -0.291. The van der Waals surface area contributed by atoms with Crippen molar-refractivity contribution in [1.82, 2.24) is 0 Å². The van der Waals surface area contributed by atoms with Crippen molar-refractivity contribution >= 4 is 23.4 Å². The zero-order valence-electron chi connectivity index (χ0n) is 16.4. The van der Waals surface area contributed by atoms with Crippen molar-refractivity contribution < 1.29 is 9.53 Å². The molecule has 2 nitrogen and oxygen atoms in total. The van der Waals surface area contributed by atoms with Crippen molar-refractivity contribution in [2.75, 3.05) is 6.61 Å². The van der Waals surface area contributed by atoms with Gasteiger partial charge >= 0.3 is 5.97 Å². The van der Waals surface area contributed by atoms with Crippen LogP contribution in [0.1, 0.15) is 63.5 Å². The highest BCUT2D eigenvalue weighted by atomic mass is 32.1. The smallest absolute Gasteiger partial charge is 0.330 e. The van der Waals surface area contributed by atoms with E-state index in [0.717, 1.165) is 4.88 Å². The van der Waals surface area contributed by atoms with Crippen LogP contribution in [0.4, 0.5) is 0 Å². The second-order valence-electron chi connectivity index (χ2n) is 8.35. The molecule has 0 radical (unpaired) electrons. The van der Waals surface area contributed by atoms with Gasteiger partial charge < -0.3 is 4.74 Å². The van der Waals surface area contributed by atoms with Gasteiger partial charge in [-0.15, -0.1) is 11.3 Å². The molecule has 0 saturated heterocycles. The first-order valence-corrected chi connectivity index (χ1v) is 10.2. The summed E-state index contributed by atoms with van der Waals surface area (Å²) in [4.78, 5) is 12.5. The predicted octanol–water partition coefficient (Wildman–Crippen LogP) is 6.34. The van der Waals surface area contributed by atoms with Gasteiger partial charge in [-0.05, 0) is 70.4 Å². The van der Waals surface area contributed by atoms with E-state index in [9.17, 15) is 4.79 Å². The van der Waals surface area contributed by atoms with E-state index in [0.29, 0.717) is 6.61 Å². The highest BCUT2D eigenvalue weighted by molar-refractivity contribution is 7.11. The molecule has 2 aromatic rings. The third kappa shape index (κ3) is 3.78. The molecule has 3 rings (SSSR count). The minimum absolute atomic E-state index is 0.212. The maximum Gasteiger partial charge on any atom is 0.330 e. The summed E-state index contributed by atoms with van der Waals surface area (Å²) in [7, 11) is 0. The Hall–Kier alpha value is -1.87. The van der Waals surface area contributed by atoms with Crippen LogP contribution < -0.4 is 0 Å². The average Bonchev–Trinajstić information content (AvgIpc) is 3.06. The number of fused-ring (bicyclic) bond motifs is 1. The summed E-state index contributed by atoms with van der Waals surface area (Å²) in [6.45, 7) is 11.6. The molecule has 0 fully saturated rings. The number of rotatable bonds is 4. The highest BCUT2D eigenvalue weighted by Gasteiger charge is 2.36. The van der Waals surface area contributed by atoms with Crippen LogP contribution in [0.2, 0.25) is 0 Å². The SMILES string of the molecule is CCOC(=O)/C=C/c1cc(-c2ccc3c(c2)C(C)(C)CCC3(C)C)cs1. The van der Waals surface area contributed by atoms with Crippen LogP contribution in [0.3, 0.4) is 0 Å². The van der Waals surface area contributed by atoms with Crippen LogP contribution in [0.25, 0.3) is 17.2 Å². The van der Waals surface area contributed by atoms with Gasteiger partial charge in [-0.2, -0.15) is 0 Å². The fraction of sp³-hybridized carbons (Fsp3) is 0.435. The van der Waals surface area contributed by atoms with Gasteiger partial charge in [0, 0.05) is 11.0 Å². The lowest BCUT2D eigenvalue weighted by molar-refractivity contribution is -0.137. The lowest BCUT2D eigenvalue weighted by atomic mass is 9.63. The molecule has 1 aliphatic carbocycles. The third-order valence-corrected chi connectivity index (χ3v) is 6.37. The topological polar surface area (TPSA) is 26.3 Å². The number of benzene rings is 1. The minimum Gasteiger partial charge on any atom is -0.463 e. The molecule has 0 atom stereocenters. The highest BCUT2D eigenvalue weighted by Crippen LogP contribution is 2.46. The summed E-state index contributed by atoms with van der Waals surface area (Å²) in [6, 6.07) is 9.07. The number of carbonyl (C=O) groups is 1. The quantitative estimate of drug-likeness (QED) is 0.465. The molecule has 1 aromatic heterocycles. The number of hydrogen-bond acceptors (Lipinski definition) is 3. The summed E-state index contributed by atoms with van der Waals surface area (Å²) in [5.41, 5.74) is 5.87. The molecule has 0 aliphatic heterocycles. The van der Waals surface area contributed by atoms with E-state index in [1.54, 1.807) is 11.3 Å². The first-order valence-electron chi connectivity index (χ1n) is 9.32. The van der Waals surface area contributed by atoms with Crippen molar-refractivity contribution in [3.8, 4) is 11.1 Å². The Balaban J connectivity index is 1.91. The first kappa shape index (κ1) is 18.9. The summed E-state index contributed by atoms with van der Waals surface area (Å²) in [5.74, 6) is -0.291. The molecule has 1 aromatic carbocycles. The van der Waals surface area contributed by atoms with Gasteiger partial charge in [0.25, 0.3) is 0 Å². The molecule has 0 unspecified atom stereocenters. The first-order chi connectivity index (χ1) is 12.2. The molecular formula is C23H28O2S. The van der Waals surface area contributed by atoms with E-state index in [1.807, 2.05) is 13.0 Å². The Morgan fingerprint density at radius 3 is 2.46 bits per heavy atom. The molecule has 1 heterocycles. The molecule has 3 heteroatoms. The molecule has 0 saturated carbocycles. The van der Waals surface area contributed by atoms with Gasteiger partial charge in [0.2, 0.25) is 0 Å². The fourth-order valence-corrected chi connectivity index (χ4v) is 4.51. The normalized spacial score (nSPS) is 17.9. The Kier molecular flexibility index (Phi) is 5.12. The van der Waals surface area contributed by atoms with Gasteiger partial charge in [-0.1, -0.05) is 45.9 Å². The van der Waals surface area contributed by atoms with Crippen molar-refractivity contribution in [2.45, 2.75) is 58.3 Å². The van der Waals surface area contributed by atoms with E-state index in [4.69, 9.17) is 4.74 Å². The van der Waals surface area contributed by atoms with Crippen molar-refractivity contribution in [2.24, 2.45) is 0 Å². The van der Waals surface area contributed by atoms with Crippen molar-refractivity contribution in [3.05, 3.63) is 51.7 Å². The number of esters is 1. The van der Waals surface area contributed by atoms with Crippen molar-refractivity contribution in [3.63, 3.8) is 0 Å². The Morgan fingerprint density at radius 2 is 1.77 bits per heavy atom. The fourth-order valence-electron chi connectivity index (χ4n) is 3.70. The summed E-state index contributed by atoms with van der Waals surface area (Å²) in [6.07, 6.45) is 5.77. The molecule has 0 amide bonds. The van der Waals surface area contributed by atoms with Gasteiger partial charge in [-0.25, -0.2) is 4.79 Å². The number of thiophene rings is 1. The second kappa shape index (κ2) is 7.03. The van der Waals surface area contributed by atoms with Crippen LogP contribution in [0.5, 0.6) is 0 Å². The maximum absolute atomic E-state index is 11.5. The molecule has 0 N–H and O–H groups in total. The molecule has 0 bridgehead atoms. The molecular weight excluding hydrogens is 340 g/mol. The molecule has 26 heavy (non-hydrogen) atoms. The van der Waals surface area contributed by atoms with E-state index in [2.05, 4.69) is 57.3 Å². The maximum atomic E-state index is 11.5. The van der Waals surface area contributed by atoms with E-state index in [-0.39, 0.29) is 16.8 Å². The average molecular weight is 369 g/mol. The third-order valence-electron chi connectivity index (χ3n) is 5.48. The van der Waals surface area contributed by atoms with Crippen molar-refractivity contribution in [1.29, 1.82) is 0 Å².